The summed E-state index contributed by atoms with van der Waals surface area (Å²) in [6.45, 7) is 3.89. The number of rotatable bonds is 7. The van der Waals surface area contributed by atoms with Gasteiger partial charge in [0.05, 0.1) is 18.0 Å². The number of nitrogens with one attached hydrogen (secondary N) is 1. The predicted molar refractivity (Wildman–Crippen MR) is 79.5 cm³/mol. The summed E-state index contributed by atoms with van der Waals surface area (Å²) in [5, 5.41) is 3.55. The Hall–Kier alpha value is -1.38. The predicted octanol–water partition coefficient (Wildman–Crippen LogP) is 3.66. The number of nitrogen functional groups attached to an aromatic ring is 1. The Bertz CT molecular complexity index is 450. The van der Waals surface area contributed by atoms with Crippen molar-refractivity contribution in [1.82, 2.24) is 0 Å². The molecule has 2 fully saturated rings. The molecule has 2 aliphatic carbocycles. The molecule has 0 heterocycles. The first-order chi connectivity index (χ1) is 9.25. The minimum atomic E-state index is 0.590. The average molecular weight is 260 g/mol. The van der Waals surface area contributed by atoms with Crippen molar-refractivity contribution < 1.29 is 4.74 Å². The number of ether oxygens (including phenoxy) is 1. The zero-order valence-electron chi connectivity index (χ0n) is 11.7. The Morgan fingerprint density at radius 3 is 2.79 bits per heavy atom. The molecule has 0 atom stereocenters. The first-order valence-corrected chi connectivity index (χ1v) is 7.50. The van der Waals surface area contributed by atoms with E-state index in [0.717, 1.165) is 42.6 Å². The van der Waals surface area contributed by atoms with Crippen molar-refractivity contribution in [1.29, 1.82) is 0 Å². The van der Waals surface area contributed by atoms with Crippen LogP contribution in [0.5, 0.6) is 5.75 Å². The topological polar surface area (TPSA) is 47.3 Å². The molecule has 0 radical (unpaired) electrons. The van der Waals surface area contributed by atoms with Crippen molar-refractivity contribution in [3.8, 4) is 5.75 Å². The van der Waals surface area contributed by atoms with E-state index in [0.29, 0.717) is 5.41 Å². The highest BCUT2D eigenvalue weighted by molar-refractivity contribution is 5.73. The third-order valence-electron chi connectivity index (χ3n) is 4.49. The molecule has 104 valence electrons. The van der Waals surface area contributed by atoms with E-state index >= 15 is 0 Å². The number of hydrogen-bond donors (Lipinski definition) is 2. The molecule has 2 saturated carbocycles. The summed E-state index contributed by atoms with van der Waals surface area (Å²) in [4.78, 5) is 0. The number of anilines is 2. The second-order valence-electron chi connectivity index (χ2n) is 6.06. The Balaban J connectivity index is 1.63. The molecule has 3 nitrogen and oxygen atoms in total. The minimum absolute atomic E-state index is 0.590. The van der Waals surface area contributed by atoms with E-state index in [1.807, 2.05) is 12.1 Å². The Labute approximate surface area is 115 Å². The van der Waals surface area contributed by atoms with Crippen LogP contribution in [-0.2, 0) is 0 Å². The van der Waals surface area contributed by atoms with Gasteiger partial charge in [-0.2, -0.15) is 0 Å². The molecule has 0 unspecified atom stereocenters. The highest BCUT2D eigenvalue weighted by atomic mass is 16.5. The van der Waals surface area contributed by atoms with E-state index in [2.05, 4.69) is 18.3 Å². The molecule has 0 amide bonds. The van der Waals surface area contributed by atoms with Crippen molar-refractivity contribution >= 4 is 11.4 Å². The van der Waals surface area contributed by atoms with Gasteiger partial charge < -0.3 is 15.8 Å². The zero-order valence-corrected chi connectivity index (χ0v) is 11.7. The summed E-state index contributed by atoms with van der Waals surface area (Å²) >= 11 is 0. The number of nitrogens with two attached hydrogens (primary N) is 1. The molecule has 0 saturated heterocycles. The molecule has 3 rings (SSSR count). The van der Waals surface area contributed by atoms with Crippen molar-refractivity contribution in [3.63, 3.8) is 0 Å². The Kier molecular flexibility index (Phi) is 3.29. The lowest BCUT2D eigenvalue weighted by atomic mass is 10.0. The Morgan fingerprint density at radius 2 is 2.16 bits per heavy atom. The van der Waals surface area contributed by atoms with Gasteiger partial charge in [0.1, 0.15) is 5.75 Å². The van der Waals surface area contributed by atoms with E-state index < -0.39 is 0 Å². The van der Waals surface area contributed by atoms with E-state index in [1.54, 1.807) is 0 Å². The van der Waals surface area contributed by atoms with Gasteiger partial charge in [-0.05, 0) is 55.6 Å². The van der Waals surface area contributed by atoms with Crippen LogP contribution >= 0.6 is 0 Å². The second-order valence-corrected chi connectivity index (χ2v) is 6.06. The van der Waals surface area contributed by atoms with E-state index in [1.165, 1.54) is 25.7 Å². The van der Waals surface area contributed by atoms with Gasteiger partial charge in [-0.15, -0.1) is 0 Å². The molecule has 1 aromatic rings. The van der Waals surface area contributed by atoms with Crippen LogP contribution in [0.3, 0.4) is 0 Å². The van der Waals surface area contributed by atoms with Crippen molar-refractivity contribution in [2.24, 2.45) is 11.3 Å². The molecule has 19 heavy (non-hydrogen) atoms. The maximum Gasteiger partial charge on any atom is 0.144 e. The first kappa shape index (κ1) is 12.6. The summed E-state index contributed by atoms with van der Waals surface area (Å²) in [5.41, 5.74) is 8.55. The van der Waals surface area contributed by atoms with Gasteiger partial charge >= 0.3 is 0 Å². The van der Waals surface area contributed by atoms with Gasteiger partial charge in [0.25, 0.3) is 0 Å². The van der Waals surface area contributed by atoms with E-state index in [9.17, 15) is 0 Å². The molecule has 1 aromatic carbocycles. The largest absolute Gasteiger partial charge is 0.491 e. The summed E-state index contributed by atoms with van der Waals surface area (Å²) in [7, 11) is 0. The molecule has 0 bridgehead atoms. The maximum absolute atomic E-state index is 6.18. The lowest BCUT2D eigenvalue weighted by Crippen LogP contribution is -2.18. The van der Waals surface area contributed by atoms with Gasteiger partial charge in [-0.3, -0.25) is 0 Å². The molecule has 3 N–H and O–H groups in total. The molecule has 0 spiro atoms. The highest BCUT2D eigenvalue weighted by Gasteiger charge is 2.53. The third-order valence-corrected chi connectivity index (χ3v) is 4.49. The van der Waals surface area contributed by atoms with Crippen LogP contribution < -0.4 is 15.8 Å². The maximum atomic E-state index is 6.18. The van der Waals surface area contributed by atoms with Crippen LogP contribution in [0.25, 0.3) is 0 Å². The number of benzene rings is 1. The molecular formula is C16H24N2O. The normalized spacial score (nSPS) is 20.1. The van der Waals surface area contributed by atoms with Crippen LogP contribution in [0.1, 0.15) is 39.0 Å². The highest BCUT2D eigenvalue weighted by Crippen LogP contribution is 2.61. The van der Waals surface area contributed by atoms with Gasteiger partial charge in [0.15, 0.2) is 0 Å². The Morgan fingerprint density at radius 1 is 1.37 bits per heavy atom. The number of hydrogen-bond acceptors (Lipinski definition) is 3. The quantitative estimate of drug-likeness (QED) is 0.735. The summed E-state index contributed by atoms with van der Waals surface area (Å²) in [6.07, 6.45) is 6.63. The van der Waals surface area contributed by atoms with Crippen molar-refractivity contribution in [2.45, 2.75) is 39.0 Å². The van der Waals surface area contributed by atoms with Crippen LogP contribution in [0.2, 0.25) is 0 Å². The summed E-state index contributed by atoms with van der Waals surface area (Å²) in [5.74, 6) is 1.78. The van der Waals surface area contributed by atoms with Gasteiger partial charge in [0.2, 0.25) is 0 Å². The third kappa shape index (κ3) is 2.65. The average Bonchev–Trinajstić information content (AvgIpc) is 3.28. The molecule has 2 aliphatic rings. The van der Waals surface area contributed by atoms with E-state index in [-0.39, 0.29) is 0 Å². The van der Waals surface area contributed by atoms with Gasteiger partial charge in [-0.25, -0.2) is 0 Å². The lowest BCUT2D eigenvalue weighted by molar-refractivity contribution is 0.319. The SMILES string of the molecule is CCCOc1cccc(NCC2(C3CC3)CC2)c1N. The van der Waals surface area contributed by atoms with Crippen molar-refractivity contribution in [2.75, 3.05) is 24.2 Å². The van der Waals surface area contributed by atoms with Crippen LogP contribution in [0.4, 0.5) is 11.4 Å². The fourth-order valence-corrected chi connectivity index (χ4v) is 2.89. The van der Waals surface area contributed by atoms with Crippen LogP contribution in [0.15, 0.2) is 18.2 Å². The van der Waals surface area contributed by atoms with E-state index in [4.69, 9.17) is 10.5 Å². The van der Waals surface area contributed by atoms with Crippen LogP contribution in [-0.4, -0.2) is 13.2 Å². The van der Waals surface area contributed by atoms with Gasteiger partial charge in [0, 0.05) is 6.54 Å². The standard InChI is InChI=1S/C16H24N2O/c1-2-10-19-14-5-3-4-13(15(14)17)18-11-16(8-9-16)12-6-7-12/h3-5,12,18H,2,6-11,17H2,1H3. The summed E-state index contributed by atoms with van der Waals surface area (Å²) in [6, 6.07) is 6.02. The second kappa shape index (κ2) is 4.95. The first-order valence-electron chi connectivity index (χ1n) is 7.50. The smallest absolute Gasteiger partial charge is 0.144 e. The van der Waals surface area contributed by atoms with Crippen molar-refractivity contribution in [3.05, 3.63) is 18.2 Å². The molecular weight excluding hydrogens is 236 g/mol. The fraction of sp³-hybridized carbons (Fsp3) is 0.625. The lowest BCUT2D eigenvalue weighted by Gasteiger charge is -2.18. The fourth-order valence-electron chi connectivity index (χ4n) is 2.89. The zero-order chi connectivity index (χ0) is 13.3. The molecule has 0 aliphatic heterocycles. The summed E-state index contributed by atoms with van der Waals surface area (Å²) < 4.78 is 5.67. The monoisotopic (exact) mass is 260 g/mol. The molecule has 0 aromatic heterocycles. The minimum Gasteiger partial charge on any atom is -0.491 e. The van der Waals surface area contributed by atoms with Gasteiger partial charge in [-0.1, -0.05) is 13.0 Å². The number of para-hydroxylation sites is 1. The van der Waals surface area contributed by atoms with Crippen LogP contribution in [0, 0.1) is 11.3 Å². The molecule has 3 heteroatoms.